The smallest absolute Gasteiger partial charge is 0.311 e. The third-order valence-corrected chi connectivity index (χ3v) is 3.89. The van der Waals surface area contributed by atoms with Gasteiger partial charge in [0.15, 0.2) is 0 Å². The van der Waals surface area contributed by atoms with E-state index in [2.05, 4.69) is 17.0 Å². The van der Waals surface area contributed by atoms with E-state index in [1.165, 1.54) is 5.56 Å². The minimum Gasteiger partial charge on any atom is -0.481 e. The molecular formula is C13H15NO2. The highest BCUT2D eigenvalue weighted by Crippen LogP contribution is 2.58. The van der Waals surface area contributed by atoms with Gasteiger partial charge in [0.2, 0.25) is 0 Å². The second kappa shape index (κ2) is 3.32. The molecule has 0 bridgehead atoms. The average molecular weight is 217 g/mol. The molecule has 1 heterocycles. The van der Waals surface area contributed by atoms with Crippen molar-refractivity contribution in [1.29, 1.82) is 0 Å². The van der Waals surface area contributed by atoms with Gasteiger partial charge in [-0.25, -0.2) is 0 Å². The van der Waals surface area contributed by atoms with Crippen molar-refractivity contribution in [3.63, 3.8) is 0 Å². The Kier molecular flexibility index (Phi) is 2.04. The number of piperidine rings is 1. The number of carboxylic acid groups (broad SMARTS) is 1. The van der Waals surface area contributed by atoms with Crippen molar-refractivity contribution in [2.45, 2.75) is 13.0 Å². The Morgan fingerprint density at radius 1 is 1.44 bits per heavy atom. The molecule has 2 atom stereocenters. The van der Waals surface area contributed by atoms with E-state index in [1.54, 1.807) is 0 Å². The lowest BCUT2D eigenvalue weighted by Crippen LogP contribution is -2.28. The standard InChI is InChI=1S/C13H15NO2/c15-12(16)13-6-11(13)8-14(9-13)7-10-4-2-1-3-5-10/h1-5,11H,6-9H2,(H,15,16). The number of carbonyl (C=O) groups is 1. The zero-order valence-electron chi connectivity index (χ0n) is 9.10. The summed E-state index contributed by atoms with van der Waals surface area (Å²) in [6, 6.07) is 10.2. The maximum Gasteiger partial charge on any atom is 0.311 e. The molecule has 0 radical (unpaired) electrons. The fourth-order valence-corrected chi connectivity index (χ4v) is 2.88. The molecular weight excluding hydrogens is 202 g/mol. The summed E-state index contributed by atoms with van der Waals surface area (Å²) in [7, 11) is 0. The predicted octanol–water partition coefficient (Wildman–Crippen LogP) is 1.59. The molecule has 1 saturated heterocycles. The van der Waals surface area contributed by atoms with Crippen LogP contribution in [-0.4, -0.2) is 29.1 Å². The van der Waals surface area contributed by atoms with Crippen LogP contribution in [0.5, 0.6) is 0 Å². The highest BCUT2D eigenvalue weighted by molar-refractivity contribution is 5.79. The minimum absolute atomic E-state index is 0.394. The van der Waals surface area contributed by atoms with E-state index >= 15 is 0 Å². The van der Waals surface area contributed by atoms with E-state index in [4.69, 9.17) is 0 Å². The third kappa shape index (κ3) is 1.43. The molecule has 1 aromatic carbocycles. The van der Waals surface area contributed by atoms with Crippen molar-refractivity contribution < 1.29 is 9.90 Å². The Morgan fingerprint density at radius 3 is 2.81 bits per heavy atom. The lowest BCUT2D eigenvalue weighted by molar-refractivity contribution is -0.143. The topological polar surface area (TPSA) is 40.5 Å². The summed E-state index contributed by atoms with van der Waals surface area (Å²) in [4.78, 5) is 13.4. The zero-order chi connectivity index (χ0) is 11.2. The van der Waals surface area contributed by atoms with Crippen LogP contribution in [0.2, 0.25) is 0 Å². The molecule has 2 aliphatic rings. The van der Waals surface area contributed by atoms with Crippen LogP contribution in [0.25, 0.3) is 0 Å². The van der Waals surface area contributed by atoms with Crippen LogP contribution >= 0.6 is 0 Å². The van der Waals surface area contributed by atoms with Gasteiger partial charge in [-0.1, -0.05) is 30.3 Å². The SMILES string of the molecule is O=C(O)C12CC1CN(Cc1ccccc1)C2. The Balaban J connectivity index is 1.66. The molecule has 1 saturated carbocycles. The van der Waals surface area contributed by atoms with Crippen molar-refractivity contribution in [2.24, 2.45) is 11.3 Å². The molecule has 3 nitrogen and oxygen atoms in total. The molecule has 1 aliphatic carbocycles. The quantitative estimate of drug-likeness (QED) is 0.836. The monoisotopic (exact) mass is 217 g/mol. The molecule has 1 aliphatic heterocycles. The summed E-state index contributed by atoms with van der Waals surface area (Å²) in [6.07, 6.45) is 0.883. The van der Waals surface area contributed by atoms with Crippen molar-refractivity contribution in [3.05, 3.63) is 35.9 Å². The third-order valence-electron chi connectivity index (χ3n) is 3.89. The molecule has 16 heavy (non-hydrogen) atoms. The first-order valence-electron chi connectivity index (χ1n) is 5.70. The van der Waals surface area contributed by atoms with E-state index < -0.39 is 11.4 Å². The molecule has 0 spiro atoms. The van der Waals surface area contributed by atoms with Crippen LogP contribution in [0.1, 0.15) is 12.0 Å². The first-order valence-corrected chi connectivity index (χ1v) is 5.70. The first kappa shape index (κ1) is 9.85. The molecule has 1 N–H and O–H groups in total. The fraction of sp³-hybridized carbons (Fsp3) is 0.462. The molecule has 2 fully saturated rings. The van der Waals surface area contributed by atoms with Gasteiger partial charge in [-0.2, -0.15) is 0 Å². The fourth-order valence-electron chi connectivity index (χ4n) is 2.88. The molecule has 3 rings (SSSR count). The van der Waals surface area contributed by atoms with E-state index in [0.29, 0.717) is 5.92 Å². The van der Waals surface area contributed by atoms with E-state index in [9.17, 15) is 9.90 Å². The molecule has 1 aromatic rings. The highest BCUT2D eigenvalue weighted by atomic mass is 16.4. The summed E-state index contributed by atoms with van der Waals surface area (Å²) in [5.74, 6) is -0.207. The van der Waals surface area contributed by atoms with Crippen molar-refractivity contribution in [3.8, 4) is 0 Å². The Labute approximate surface area is 94.7 Å². The van der Waals surface area contributed by atoms with Crippen LogP contribution in [0.4, 0.5) is 0 Å². The highest BCUT2D eigenvalue weighted by Gasteiger charge is 2.65. The van der Waals surface area contributed by atoms with Crippen molar-refractivity contribution >= 4 is 5.97 Å². The number of carboxylic acids is 1. The summed E-state index contributed by atoms with van der Waals surface area (Å²) >= 11 is 0. The number of hydrogen-bond acceptors (Lipinski definition) is 2. The van der Waals surface area contributed by atoms with Gasteiger partial charge in [0.1, 0.15) is 0 Å². The number of rotatable bonds is 3. The van der Waals surface area contributed by atoms with E-state index in [-0.39, 0.29) is 0 Å². The van der Waals surface area contributed by atoms with Gasteiger partial charge in [0.25, 0.3) is 0 Å². The van der Waals surface area contributed by atoms with Crippen LogP contribution in [0, 0.1) is 11.3 Å². The number of aliphatic carboxylic acids is 1. The zero-order valence-corrected chi connectivity index (χ0v) is 9.10. The number of fused-ring (bicyclic) bond motifs is 1. The van der Waals surface area contributed by atoms with Crippen LogP contribution in [0.15, 0.2) is 30.3 Å². The molecule has 3 heteroatoms. The van der Waals surface area contributed by atoms with Gasteiger partial charge in [0, 0.05) is 19.6 Å². The Morgan fingerprint density at radius 2 is 2.19 bits per heavy atom. The average Bonchev–Trinajstić information content (AvgIpc) is 2.84. The number of hydrogen-bond donors (Lipinski definition) is 1. The normalized spacial score (nSPS) is 32.4. The lowest BCUT2D eigenvalue weighted by Gasteiger charge is -2.18. The summed E-state index contributed by atoms with van der Waals surface area (Å²) < 4.78 is 0. The molecule has 2 unspecified atom stereocenters. The van der Waals surface area contributed by atoms with Gasteiger partial charge in [-0.3, -0.25) is 9.69 Å². The van der Waals surface area contributed by atoms with Crippen molar-refractivity contribution in [2.75, 3.05) is 13.1 Å². The summed E-state index contributed by atoms with van der Waals surface area (Å²) in [5, 5.41) is 9.17. The summed E-state index contributed by atoms with van der Waals surface area (Å²) in [6.45, 7) is 2.55. The van der Waals surface area contributed by atoms with Gasteiger partial charge in [-0.15, -0.1) is 0 Å². The minimum atomic E-state index is -0.604. The van der Waals surface area contributed by atoms with Gasteiger partial charge in [0.05, 0.1) is 5.41 Å². The van der Waals surface area contributed by atoms with E-state index in [0.717, 1.165) is 26.1 Å². The van der Waals surface area contributed by atoms with Crippen LogP contribution < -0.4 is 0 Å². The van der Waals surface area contributed by atoms with Gasteiger partial charge >= 0.3 is 5.97 Å². The van der Waals surface area contributed by atoms with Crippen LogP contribution in [-0.2, 0) is 11.3 Å². The lowest BCUT2D eigenvalue weighted by atomic mass is 10.1. The predicted molar refractivity (Wildman–Crippen MR) is 59.9 cm³/mol. The van der Waals surface area contributed by atoms with Gasteiger partial charge < -0.3 is 5.11 Å². The molecule has 0 aromatic heterocycles. The summed E-state index contributed by atoms with van der Waals surface area (Å²) in [5.41, 5.74) is 0.874. The van der Waals surface area contributed by atoms with E-state index in [1.807, 2.05) is 18.2 Å². The largest absolute Gasteiger partial charge is 0.481 e. The number of likely N-dealkylation sites (tertiary alicyclic amines) is 1. The maximum absolute atomic E-state index is 11.1. The second-order valence-corrected chi connectivity index (χ2v) is 5.02. The van der Waals surface area contributed by atoms with Gasteiger partial charge in [-0.05, 0) is 17.9 Å². The number of benzene rings is 1. The number of nitrogens with zero attached hydrogens (tertiary/aromatic N) is 1. The van der Waals surface area contributed by atoms with Crippen LogP contribution in [0.3, 0.4) is 0 Å². The van der Waals surface area contributed by atoms with Crippen molar-refractivity contribution in [1.82, 2.24) is 4.90 Å². The maximum atomic E-state index is 11.1. The Hall–Kier alpha value is -1.35. The first-order chi connectivity index (χ1) is 7.71. The Bertz CT molecular complexity index is 417. The molecule has 84 valence electrons. The second-order valence-electron chi connectivity index (χ2n) is 5.02. The molecule has 0 amide bonds.